The lowest BCUT2D eigenvalue weighted by atomic mass is 9.82. The molecular weight excluding hydrogens is 572 g/mol. The number of oxazole rings is 1. The van der Waals surface area contributed by atoms with Gasteiger partial charge in [0.05, 0.1) is 0 Å². The van der Waals surface area contributed by atoms with Crippen LogP contribution in [0, 0.1) is 0 Å². The summed E-state index contributed by atoms with van der Waals surface area (Å²) >= 11 is 0. The Morgan fingerprint density at radius 1 is 0.511 bits per heavy atom. The molecule has 0 spiro atoms. The molecule has 47 heavy (non-hydrogen) atoms. The Morgan fingerprint density at radius 2 is 1.15 bits per heavy atom. The van der Waals surface area contributed by atoms with Crippen LogP contribution in [0.2, 0.25) is 0 Å². The van der Waals surface area contributed by atoms with E-state index in [1.807, 2.05) is 36.4 Å². The second-order valence-electron chi connectivity index (χ2n) is 12.9. The zero-order valence-corrected chi connectivity index (χ0v) is 26.3. The molecule has 7 aromatic carbocycles. The highest BCUT2D eigenvalue weighted by Crippen LogP contribution is 2.51. The number of nitrogens with zero attached hydrogens (tertiary/aromatic N) is 2. The van der Waals surface area contributed by atoms with Gasteiger partial charge in [0, 0.05) is 33.4 Å². The summed E-state index contributed by atoms with van der Waals surface area (Å²) in [5.74, 6) is 0.630. The van der Waals surface area contributed by atoms with Gasteiger partial charge in [-0.1, -0.05) is 117 Å². The molecule has 0 radical (unpaired) electrons. The lowest BCUT2D eigenvalue weighted by molar-refractivity contribution is 0.620. The molecule has 9 rings (SSSR count). The Kier molecular flexibility index (Phi) is 6.16. The summed E-state index contributed by atoms with van der Waals surface area (Å²) in [6.45, 7) is 4.66. The van der Waals surface area contributed by atoms with Crippen LogP contribution in [0.5, 0.6) is 0 Å². The molecule has 1 aliphatic carbocycles. The van der Waals surface area contributed by atoms with E-state index in [0.717, 1.165) is 44.5 Å². The maximum atomic E-state index is 6.27. The van der Waals surface area contributed by atoms with Crippen molar-refractivity contribution >= 4 is 38.9 Å². The van der Waals surface area contributed by atoms with Crippen molar-refractivity contribution in [3.63, 3.8) is 0 Å². The van der Waals surface area contributed by atoms with Crippen LogP contribution in [0.4, 0.5) is 17.1 Å². The van der Waals surface area contributed by atoms with E-state index in [9.17, 15) is 0 Å². The normalized spacial score (nSPS) is 13.1. The van der Waals surface area contributed by atoms with Crippen molar-refractivity contribution in [3.8, 4) is 33.7 Å². The predicted octanol–water partition coefficient (Wildman–Crippen LogP) is 12.1. The van der Waals surface area contributed by atoms with Crippen molar-refractivity contribution in [2.24, 2.45) is 0 Å². The quantitative estimate of drug-likeness (QED) is 0.196. The highest BCUT2D eigenvalue weighted by atomic mass is 16.3. The Hall–Kier alpha value is -5.93. The fourth-order valence-corrected chi connectivity index (χ4v) is 7.29. The van der Waals surface area contributed by atoms with Crippen LogP contribution in [0.25, 0.3) is 55.6 Å². The molecule has 1 aliphatic rings. The lowest BCUT2D eigenvalue weighted by Crippen LogP contribution is -2.15. The molecule has 1 heterocycles. The number of fused-ring (bicyclic) bond motifs is 6. The van der Waals surface area contributed by atoms with Crippen LogP contribution in [0.1, 0.15) is 25.0 Å². The number of aromatic nitrogens is 1. The van der Waals surface area contributed by atoms with Crippen molar-refractivity contribution in [1.29, 1.82) is 0 Å². The first-order chi connectivity index (χ1) is 23.0. The van der Waals surface area contributed by atoms with Gasteiger partial charge >= 0.3 is 0 Å². The minimum Gasteiger partial charge on any atom is -0.436 e. The van der Waals surface area contributed by atoms with E-state index in [-0.39, 0.29) is 5.41 Å². The molecule has 0 atom stereocenters. The largest absolute Gasteiger partial charge is 0.436 e. The standard InChI is InChI=1S/C44H32N2O/c1-44(2)39-19-10-9-18-36(39)38-28-35(23-24-40(38)44)46(33-17-11-16-32(26-33)29-12-5-3-6-13-29)34-22-20-30-21-25-41-42(37(30)27-34)45-43(47-41)31-14-7-4-8-15-31/h3-28H,1-2H3. The van der Waals surface area contributed by atoms with Gasteiger partial charge in [0.15, 0.2) is 5.58 Å². The van der Waals surface area contributed by atoms with E-state index in [4.69, 9.17) is 9.40 Å². The van der Waals surface area contributed by atoms with Crippen LogP contribution < -0.4 is 4.90 Å². The molecule has 0 N–H and O–H groups in total. The van der Waals surface area contributed by atoms with E-state index in [0.29, 0.717) is 5.89 Å². The van der Waals surface area contributed by atoms with Crippen LogP contribution in [0.3, 0.4) is 0 Å². The second kappa shape index (κ2) is 10.6. The van der Waals surface area contributed by atoms with Gasteiger partial charge in [-0.15, -0.1) is 0 Å². The highest BCUT2D eigenvalue weighted by molar-refractivity contribution is 6.06. The summed E-state index contributed by atoms with van der Waals surface area (Å²) in [4.78, 5) is 7.39. The third kappa shape index (κ3) is 4.46. The molecule has 3 heteroatoms. The molecule has 3 nitrogen and oxygen atoms in total. The van der Waals surface area contributed by atoms with Crippen LogP contribution in [0.15, 0.2) is 162 Å². The minimum absolute atomic E-state index is 0.0551. The number of benzene rings is 7. The molecule has 0 bridgehead atoms. The van der Waals surface area contributed by atoms with Gasteiger partial charge in [0.25, 0.3) is 0 Å². The average Bonchev–Trinajstić information content (AvgIpc) is 3.67. The molecule has 0 amide bonds. The van der Waals surface area contributed by atoms with Crippen molar-refractivity contribution in [2.75, 3.05) is 4.90 Å². The molecule has 1 aromatic heterocycles. The highest BCUT2D eigenvalue weighted by Gasteiger charge is 2.35. The minimum atomic E-state index is -0.0551. The van der Waals surface area contributed by atoms with Crippen molar-refractivity contribution < 1.29 is 4.42 Å². The summed E-state index contributed by atoms with van der Waals surface area (Å²) in [6, 6.07) is 56.1. The third-order valence-electron chi connectivity index (χ3n) is 9.68. The van der Waals surface area contributed by atoms with Gasteiger partial charge in [0.2, 0.25) is 5.89 Å². The van der Waals surface area contributed by atoms with Gasteiger partial charge < -0.3 is 9.32 Å². The van der Waals surface area contributed by atoms with E-state index in [2.05, 4.69) is 140 Å². The SMILES string of the molecule is CC1(C)c2ccccc2-c2cc(N(c3cccc(-c4ccccc4)c3)c3ccc4ccc5oc(-c6ccccc6)nc5c4c3)ccc21. The maximum absolute atomic E-state index is 6.27. The zero-order chi connectivity index (χ0) is 31.5. The second-order valence-corrected chi connectivity index (χ2v) is 12.9. The first-order valence-corrected chi connectivity index (χ1v) is 16.1. The summed E-state index contributed by atoms with van der Waals surface area (Å²) in [5, 5.41) is 2.18. The number of anilines is 3. The summed E-state index contributed by atoms with van der Waals surface area (Å²) in [5.41, 5.74) is 13.5. The molecule has 224 valence electrons. The Morgan fingerprint density at radius 3 is 1.98 bits per heavy atom. The maximum Gasteiger partial charge on any atom is 0.227 e. The molecule has 0 saturated carbocycles. The van der Waals surface area contributed by atoms with E-state index >= 15 is 0 Å². The summed E-state index contributed by atoms with van der Waals surface area (Å²) in [7, 11) is 0. The smallest absolute Gasteiger partial charge is 0.227 e. The van der Waals surface area contributed by atoms with Crippen LogP contribution >= 0.6 is 0 Å². The molecule has 0 fully saturated rings. The van der Waals surface area contributed by atoms with Gasteiger partial charge in [0.1, 0.15) is 5.52 Å². The topological polar surface area (TPSA) is 29.3 Å². The Bertz CT molecular complexity index is 2440. The molecule has 0 saturated heterocycles. The van der Waals surface area contributed by atoms with Crippen LogP contribution in [-0.4, -0.2) is 4.98 Å². The Labute approximate surface area is 274 Å². The fraction of sp³-hybridized carbons (Fsp3) is 0.0682. The Balaban J connectivity index is 1.26. The van der Waals surface area contributed by atoms with Gasteiger partial charge in [-0.25, -0.2) is 4.98 Å². The van der Waals surface area contributed by atoms with E-state index in [1.165, 1.54) is 33.4 Å². The fourth-order valence-electron chi connectivity index (χ4n) is 7.29. The monoisotopic (exact) mass is 604 g/mol. The number of rotatable bonds is 5. The van der Waals surface area contributed by atoms with Gasteiger partial charge in [-0.3, -0.25) is 0 Å². The first-order valence-electron chi connectivity index (χ1n) is 16.1. The van der Waals surface area contributed by atoms with E-state index in [1.54, 1.807) is 0 Å². The lowest BCUT2D eigenvalue weighted by Gasteiger charge is -2.28. The molecule has 8 aromatic rings. The van der Waals surface area contributed by atoms with Crippen molar-refractivity contribution in [3.05, 3.63) is 169 Å². The van der Waals surface area contributed by atoms with Crippen molar-refractivity contribution in [2.45, 2.75) is 19.3 Å². The number of hydrogen-bond donors (Lipinski definition) is 0. The number of hydrogen-bond acceptors (Lipinski definition) is 3. The first kappa shape index (κ1) is 27.4. The molecule has 0 unspecified atom stereocenters. The molecular formula is C44H32N2O. The average molecular weight is 605 g/mol. The van der Waals surface area contributed by atoms with Crippen molar-refractivity contribution in [1.82, 2.24) is 4.98 Å². The summed E-state index contributed by atoms with van der Waals surface area (Å²) < 4.78 is 6.27. The van der Waals surface area contributed by atoms with E-state index < -0.39 is 0 Å². The third-order valence-corrected chi connectivity index (χ3v) is 9.68. The van der Waals surface area contributed by atoms with Gasteiger partial charge in [-0.05, 0) is 93.4 Å². The van der Waals surface area contributed by atoms with Crippen LogP contribution in [-0.2, 0) is 5.41 Å². The summed E-state index contributed by atoms with van der Waals surface area (Å²) in [6.07, 6.45) is 0. The van der Waals surface area contributed by atoms with Gasteiger partial charge in [-0.2, -0.15) is 0 Å². The zero-order valence-electron chi connectivity index (χ0n) is 26.3. The molecule has 0 aliphatic heterocycles. The predicted molar refractivity (Wildman–Crippen MR) is 195 cm³/mol.